The van der Waals surface area contributed by atoms with Gasteiger partial charge in [-0.05, 0) is 48.0 Å². The molecule has 2 rings (SSSR count). The van der Waals surface area contributed by atoms with Crippen LogP contribution >= 0.6 is 15.9 Å². The zero-order valence-electron chi connectivity index (χ0n) is 10.4. The molecular weight excluding hydrogens is 314 g/mol. The summed E-state index contributed by atoms with van der Waals surface area (Å²) in [5.41, 5.74) is 1.89. The van der Waals surface area contributed by atoms with E-state index in [1.54, 1.807) is 6.07 Å². The molecule has 0 saturated carbocycles. The maximum Gasteiger partial charge on any atom is 0.335 e. The van der Waals surface area contributed by atoms with Gasteiger partial charge in [0.2, 0.25) is 0 Å². The Morgan fingerprint density at radius 3 is 2.74 bits per heavy atom. The molecule has 100 valence electrons. The molecule has 0 unspecified atom stereocenters. The molecule has 1 N–H and O–H groups in total. The molecule has 0 radical (unpaired) electrons. The third kappa shape index (κ3) is 2.96. The number of halogens is 1. The molecule has 1 aromatic heterocycles. The van der Waals surface area contributed by atoms with Crippen molar-refractivity contribution in [2.45, 2.75) is 20.5 Å². The van der Waals surface area contributed by atoms with E-state index in [9.17, 15) is 4.79 Å². The summed E-state index contributed by atoms with van der Waals surface area (Å²) in [6, 6.07) is 4.62. The minimum absolute atomic E-state index is 0.205. The van der Waals surface area contributed by atoms with Crippen molar-refractivity contribution in [1.82, 2.24) is 5.16 Å². The van der Waals surface area contributed by atoms with Crippen LogP contribution < -0.4 is 4.74 Å². The van der Waals surface area contributed by atoms with Crippen LogP contribution in [0.5, 0.6) is 5.75 Å². The molecule has 0 aliphatic heterocycles. The highest BCUT2D eigenvalue weighted by Crippen LogP contribution is 2.27. The van der Waals surface area contributed by atoms with Gasteiger partial charge in [-0.2, -0.15) is 0 Å². The summed E-state index contributed by atoms with van der Waals surface area (Å²) in [6.07, 6.45) is 0. The quantitative estimate of drug-likeness (QED) is 0.933. The average molecular weight is 326 g/mol. The Hall–Kier alpha value is -1.82. The Kier molecular flexibility index (Phi) is 3.90. The number of ether oxygens (including phenoxy) is 1. The predicted octanol–water partition coefficient (Wildman–Crippen LogP) is 3.33. The van der Waals surface area contributed by atoms with Crippen LogP contribution in [0.25, 0.3) is 0 Å². The van der Waals surface area contributed by atoms with Crippen molar-refractivity contribution in [2.75, 3.05) is 0 Å². The van der Waals surface area contributed by atoms with Crippen LogP contribution in [0.3, 0.4) is 0 Å². The second kappa shape index (κ2) is 5.44. The highest BCUT2D eigenvalue weighted by molar-refractivity contribution is 9.10. The molecule has 1 aromatic carbocycles. The summed E-state index contributed by atoms with van der Waals surface area (Å²) in [5.74, 6) is 0.318. The van der Waals surface area contributed by atoms with Gasteiger partial charge in [-0.3, -0.25) is 0 Å². The molecule has 0 aliphatic carbocycles. The van der Waals surface area contributed by atoms with Crippen molar-refractivity contribution in [3.05, 3.63) is 45.3 Å². The number of aryl methyl sites for hydroxylation is 2. The van der Waals surface area contributed by atoms with Crippen molar-refractivity contribution in [1.29, 1.82) is 0 Å². The van der Waals surface area contributed by atoms with E-state index < -0.39 is 5.97 Å². The summed E-state index contributed by atoms with van der Waals surface area (Å²) in [5, 5.41) is 12.7. The fraction of sp³-hybridized carbons (Fsp3) is 0.231. The molecule has 2 aromatic rings. The lowest BCUT2D eigenvalue weighted by Crippen LogP contribution is -2.00. The van der Waals surface area contributed by atoms with E-state index in [0.29, 0.717) is 16.8 Å². The largest absolute Gasteiger partial charge is 0.488 e. The lowest BCUT2D eigenvalue weighted by Gasteiger charge is -2.08. The van der Waals surface area contributed by atoms with E-state index in [-0.39, 0.29) is 5.56 Å². The van der Waals surface area contributed by atoms with Gasteiger partial charge in [0.15, 0.2) is 0 Å². The van der Waals surface area contributed by atoms with Crippen molar-refractivity contribution in [3.8, 4) is 5.75 Å². The van der Waals surface area contributed by atoms with Gasteiger partial charge in [0.1, 0.15) is 18.1 Å². The first-order valence-corrected chi connectivity index (χ1v) is 6.35. The zero-order valence-corrected chi connectivity index (χ0v) is 12.0. The number of nitrogens with zero attached hydrogens (tertiary/aromatic N) is 1. The first-order valence-electron chi connectivity index (χ1n) is 5.56. The summed E-state index contributed by atoms with van der Waals surface area (Å²) in [4.78, 5) is 10.8. The molecule has 19 heavy (non-hydrogen) atoms. The molecule has 6 heteroatoms. The average Bonchev–Trinajstić information content (AvgIpc) is 2.68. The fourth-order valence-corrected chi connectivity index (χ4v) is 2.10. The predicted molar refractivity (Wildman–Crippen MR) is 71.4 cm³/mol. The van der Waals surface area contributed by atoms with Crippen LogP contribution in [0.2, 0.25) is 0 Å². The summed E-state index contributed by atoms with van der Waals surface area (Å²) in [7, 11) is 0. The lowest BCUT2D eigenvalue weighted by atomic mass is 10.2. The second-order valence-corrected chi connectivity index (χ2v) is 4.90. The van der Waals surface area contributed by atoms with E-state index in [4.69, 9.17) is 14.4 Å². The third-order valence-electron chi connectivity index (χ3n) is 2.73. The third-order valence-corrected chi connectivity index (χ3v) is 3.35. The van der Waals surface area contributed by atoms with Crippen LogP contribution in [0.15, 0.2) is 27.2 Å². The lowest BCUT2D eigenvalue weighted by molar-refractivity contribution is 0.0696. The summed E-state index contributed by atoms with van der Waals surface area (Å²) in [6.45, 7) is 3.99. The molecule has 0 bridgehead atoms. The number of benzene rings is 1. The highest BCUT2D eigenvalue weighted by Gasteiger charge is 2.12. The molecular formula is C13H12BrNO4. The summed E-state index contributed by atoms with van der Waals surface area (Å²) < 4.78 is 11.3. The van der Waals surface area contributed by atoms with E-state index >= 15 is 0 Å². The van der Waals surface area contributed by atoms with Gasteiger partial charge < -0.3 is 14.4 Å². The second-order valence-electron chi connectivity index (χ2n) is 4.04. The minimum Gasteiger partial charge on any atom is -0.488 e. The van der Waals surface area contributed by atoms with Crippen molar-refractivity contribution in [2.24, 2.45) is 0 Å². The highest BCUT2D eigenvalue weighted by atomic mass is 79.9. The van der Waals surface area contributed by atoms with Crippen molar-refractivity contribution in [3.63, 3.8) is 0 Å². The molecule has 0 spiro atoms. The molecule has 0 aliphatic rings. The van der Waals surface area contributed by atoms with Gasteiger partial charge in [0.05, 0.1) is 21.3 Å². The van der Waals surface area contributed by atoms with Crippen LogP contribution in [0.1, 0.15) is 27.4 Å². The molecule has 1 heterocycles. The van der Waals surface area contributed by atoms with Crippen LogP contribution in [-0.2, 0) is 6.61 Å². The van der Waals surface area contributed by atoms with Gasteiger partial charge in [-0.15, -0.1) is 0 Å². The SMILES string of the molecule is Cc1noc(C)c1COc1ccc(C(=O)O)cc1Br. The van der Waals surface area contributed by atoms with Crippen LogP contribution in [-0.4, -0.2) is 16.2 Å². The molecule has 0 atom stereocenters. The van der Waals surface area contributed by atoms with Gasteiger partial charge in [-0.1, -0.05) is 5.16 Å². The first kappa shape index (κ1) is 13.6. The number of carbonyl (C=O) groups is 1. The van der Waals surface area contributed by atoms with E-state index in [2.05, 4.69) is 21.1 Å². The Morgan fingerprint density at radius 1 is 1.47 bits per heavy atom. The molecule has 0 saturated heterocycles. The number of aromatic carboxylic acids is 1. The van der Waals surface area contributed by atoms with E-state index in [1.807, 2.05) is 13.8 Å². The van der Waals surface area contributed by atoms with Gasteiger partial charge in [-0.25, -0.2) is 4.79 Å². The van der Waals surface area contributed by atoms with Gasteiger partial charge in [0, 0.05) is 0 Å². The van der Waals surface area contributed by atoms with Crippen molar-refractivity contribution >= 4 is 21.9 Å². The van der Waals surface area contributed by atoms with Crippen LogP contribution in [0, 0.1) is 13.8 Å². The number of carboxylic acid groups (broad SMARTS) is 1. The topological polar surface area (TPSA) is 72.6 Å². The van der Waals surface area contributed by atoms with Gasteiger partial charge >= 0.3 is 5.97 Å². The number of rotatable bonds is 4. The number of hydrogen-bond acceptors (Lipinski definition) is 4. The van der Waals surface area contributed by atoms with Gasteiger partial charge in [0.25, 0.3) is 0 Å². The number of carboxylic acids is 1. The first-order chi connectivity index (χ1) is 8.99. The Bertz CT molecular complexity index is 602. The Morgan fingerprint density at radius 2 is 2.21 bits per heavy atom. The maximum atomic E-state index is 10.8. The summed E-state index contributed by atoms with van der Waals surface area (Å²) >= 11 is 3.29. The monoisotopic (exact) mass is 325 g/mol. The van der Waals surface area contributed by atoms with E-state index in [1.165, 1.54) is 12.1 Å². The normalized spacial score (nSPS) is 10.5. The maximum absolute atomic E-state index is 10.8. The smallest absolute Gasteiger partial charge is 0.335 e. The fourth-order valence-electron chi connectivity index (χ4n) is 1.61. The molecule has 0 fully saturated rings. The van der Waals surface area contributed by atoms with E-state index in [0.717, 1.165) is 17.0 Å². The Labute approximate surface area is 118 Å². The zero-order chi connectivity index (χ0) is 14.0. The molecule has 5 nitrogen and oxygen atoms in total. The minimum atomic E-state index is -0.974. The van der Waals surface area contributed by atoms with Crippen LogP contribution in [0.4, 0.5) is 0 Å². The number of aromatic nitrogens is 1. The standard InChI is InChI=1S/C13H12BrNO4/c1-7-10(8(2)19-15-7)6-18-12-4-3-9(13(16)17)5-11(12)14/h3-5H,6H2,1-2H3,(H,16,17). The molecule has 0 amide bonds. The van der Waals surface area contributed by atoms with Crippen molar-refractivity contribution < 1.29 is 19.2 Å². The number of hydrogen-bond donors (Lipinski definition) is 1. The Balaban J connectivity index is 2.14.